The predicted molar refractivity (Wildman–Crippen MR) is 83.8 cm³/mol. The lowest BCUT2D eigenvalue weighted by molar-refractivity contribution is 0.0680. The molecule has 1 fully saturated rings. The van der Waals surface area contributed by atoms with Gasteiger partial charge in [0, 0.05) is 38.0 Å². The van der Waals surface area contributed by atoms with E-state index in [-0.39, 0.29) is 5.91 Å². The van der Waals surface area contributed by atoms with Crippen LogP contribution in [-0.4, -0.2) is 44.2 Å². The summed E-state index contributed by atoms with van der Waals surface area (Å²) in [5, 5.41) is 3.37. The van der Waals surface area contributed by atoms with Crippen molar-refractivity contribution in [3.05, 3.63) is 29.3 Å². The molecular formula is C17H24N2O2. The number of likely N-dealkylation sites (N-methyl/N-ethyl adjacent to an activating group) is 1. The van der Waals surface area contributed by atoms with Crippen molar-refractivity contribution in [2.75, 3.05) is 38.7 Å². The van der Waals surface area contributed by atoms with Crippen LogP contribution in [0.2, 0.25) is 0 Å². The Bertz CT molecular complexity index is 512. The van der Waals surface area contributed by atoms with Gasteiger partial charge in [0.15, 0.2) is 0 Å². The van der Waals surface area contributed by atoms with Crippen molar-refractivity contribution in [1.82, 2.24) is 4.90 Å². The minimum atomic E-state index is 0.102. The first-order valence-corrected chi connectivity index (χ1v) is 7.94. The van der Waals surface area contributed by atoms with E-state index in [1.807, 2.05) is 19.2 Å². The summed E-state index contributed by atoms with van der Waals surface area (Å²) in [5.74, 6) is 0.879. The van der Waals surface area contributed by atoms with Crippen molar-refractivity contribution in [2.24, 2.45) is 5.92 Å². The number of carbonyl (C=O) groups is 1. The summed E-state index contributed by atoms with van der Waals surface area (Å²) in [5.41, 5.74) is 3.12. The van der Waals surface area contributed by atoms with Gasteiger partial charge in [0.25, 0.3) is 5.91 Å². The van der Waals surface area contributed by atoms with Crippen molar-refractivity contribution < 1.29 is 9.53 Å². The summed E-state index contributed by atoms with van der Waals surface area (Å²) in [6.45, 7) is 3.14. The lowest BCUT2D eigenvalue weighted by Crippen LogP contribution is -2.31. The highest BCUT2D eigenvalue weighted by atomic mass is 16.5. The fourth-order valence-corrected chi connectivity index (χ4v) is 2.75. The van der Waals surface area contributed by atoms with Crippen LogP contribution in [-0.2, 0) is 11.2 Å². The molecule has 0 radical (unpaired) electrons. The van der Waals surface area contributed by atoms with Gasteiger partial charge >= 0.3 is 0 Å². The second kappa shape index (κ2) is 6.48. The van der Waals surface area contributed by atoms with E-state index in [2.05, 4.69) is 11.4 Å². The zero-order valence-electron chi connectivity index (χ0n) is 12.7. The number of ether oxygens (including phenoxy) is 1. The number of amides is 1. The number of nitrogens with one attached hydrogen (secondary N) is 1. The van der Waals surface area contributed by atoms with E-state index >= 15 is 0 Å². The molecule has 1 aromatic carbocycles. The standard InChI is InChI=1S/C17H24N2O2/c1-19(10-11-21-12-13-7-8-13)17(20)15-4-2-6-16-14(15)5-3-9-18-16/h2,4,6,13,18H,3,5,7-12H2,1H3. The molecule has 0 spiro atoms. The maximum Gasteiger partial charge on any atom is 0.254 e. The Balaban J connectivity index is 1.58. The van der Waals surface area contributed by atoms with Gasteiger partial charge in [-0.3, -0.25) is 4.79 Å². The highest BCUT2D eigenvalue weighted by Gasteiger charge is 2.22. The average molecular weight is 288 g/mol. The Labute approximate surface area is 126 Å². The van der Waals surface area contributed by atoms with Crippen molar-refractivity contribution in [3.8, 4) is 0 Å². The van der Waals surface area contributed by atoms with Crippen LogP contribution >= 0.6 is 0 Å². The van der Waals surface area contributed by atoms with E-state index < -0.39 is 0 Å². The Morgan fingerprint density at radius 2 is 2.29 bits per heavy atom. The van der Waals surface area contributed by atoms with Crippen LogP contribution in [0, 0.1) is 5.92 Å². The van der Waals surface area contributed by atoms with Crippen molar-refractivity contribution in [2.45, 2.75) is 25.7 Å². The van der Waals surface area contributed by atoms with Crippen LogP contribution < -0.4 is 5.32 Å². The van der Waals surface area contributed by atoms with Gasteiger partial charge < -0.3 is 15.0 Å². The molecule has 21 heavy (non-hydrogen) atoms. The van der Waals surface area contributed by atoms with Crippen molar-refractivity contribution >= 4 is 11.6 Å². The van der Waals surface area contributed by atoms with Crippen LogP contribution in [0.15, 0.2) is 18.2 Å². The van der Waals surface area contributed by atoms with Crippen LogP contribution in [0.25, 0.3) is 0 Å². The van der Waals surface area contributed by atoms with Crippen LogP contribution in [0.1, 0.15) is 35.2 Å². The van der Waals surface area contributed by atoms with E-state index in [1.165, 1.54) is 18.4 Å². The Kier molecular flexibility index (Phi) is 4.44. The second-order valence-corrected chi connectivity index (χ2v) is 6.11. The Morgan fingerprint density at radius 3 is 3.10 bits per heavy atom. The third kappa shape index (κ3) is 3.56. The molecule has 4 nitrogen and oxygen atoms in total. The maximum absolute atomic E-state index is 12.6. The summed E-state index contributed by atoms with van der Waals surface area (Å²) in [6, 6.07) is 5.96. The lowest BCUT2D eigenvalue weighted by Gasteiger charge is -2.23. The van der Waals surface area contributed by atoms with E-state index in [4.69, 9.17) is 4.74 Å². The molecule has 1 heterocycles. The number of anilines is 1. The summed E-state index contributed by atoms with van der Waals surface area (Å²) in [4.78, 5) is 14.4. The summed E-state index contributed by atoms with van der Waals surface area (Å²) >= 11 is 0. The number of hydrogen-bond donors (Lipinski definition) is 1. The molecule has 3 rings (SSSR count). The van der Waals surface area contributed by atoms with Crippen LogP contribution in [0.5, 0.6) is 0 Å². The number of nitrogens with zero attached hydrogens (tertiary/aromatic N) is 1. The number of rotatable bonds is 6. The topological polar surface area (TPSA) is 41.6 Å². The van der Waals surface area contributed by atoms with E-state index in [1.54, 1.807) is 4.90 Å². The van der Waals surface area contributed by atoms with Crippen molar-refractivity contribution in [1.29, 1.82) is 0 Å². The second-order valence-electron chi connectivity index (χ2n) is 6.11. The number of fused-ring (bicyclic) bond motifs is 1. The Morgan fingerprint density at radius 1 is 1.43 bits per heavy atom. The fraction of sp³-hybridized carbons (Fsp3) is 0.588. The molecule has 0 aromatic heterocycles. The fourth-order valence-electron chi connectivity index (χ4n) is 2.75. The highest BCUT2D eigenvalue weighted by Crippen LogP contribution is 2.29. The van der Waals surface area contributed by atoms with E-state index in [0.717, 1.165) is 43.2 Å². The molecule has 1 aliphatic carbocycles. The molecule has 0 bridgehead atoms. The molecule has 4 heteroatoms. The minimum Gasteiger partial charge on any atom is -0.385 e. The van der Waals surface area contributed by atoms with Gasteiger partial charge in [0.1, 0.15) is 0 Å². The van der Waals surface area contributed by atoms with E-state index in [0.29, 0.717) is 13.2 Å². The summed E-state index contributed by atoms with van der Waals surface area (Å²) < 4.78 is 5.62. The van der Waals surface area contributed by atoms with Gasteiger partial charge in [0.2, 0.25) is 0 Å². The number of benzene rings is 1. The van der Waals surface area contributed by atoms with Crippen LogP contribution in [0.4, 0.5) is 5.69 Å². The summed E-state index contributed by atoms with van der Waals surface area (Å²) in [6.07, 6.45) is 4.68. The van der Waals surface area contributed by atoms with E-state index in [9.17, 15) is 4.79 Å². The molecule has 0 unspecified atom stereocenters. The normalized spacial score (nSPS) is 17.0. The summed E-state index contributed by atoms with van der Waals surface area (Å²) in [7, 11) is 1.86. The first-order chi connectivity index (χ1) is 10.3. The molecule has 2 aliphatic rings. The molecule has 114 valence electrons. The zero-order chi connectivity index (χ0) is 14.7. The molecule has 1 amide bonds. The third-order valence-electron chi connectivity index (χ3n) is 4.29. The average Bonchev–Trinajstić information content (AvgIpc) is 3.34. The third-order valence-corrected chi connectivity index (χ3v) is 4.29. The molecule has 1 saturated carbocycles. The molecular weight excluding hydrogens is 264 g/mol. The largest absolute Gasteiger partial charge is 0.385 e. The highest BCUT2D eigenvalue weighted by molar-refractivity contribution is 5.97. The quantitative estimate of drug-likeness (QED) is 0.818. The van der Waals surface area contributed by atoms with Gasteiger partial charge in [-0.05, 0) is 49.3 Å². The smallest absolute Gasteiger partial charge is 0.254 e. The monoisotopic (exact) mass is 288 g/mol. The number of carbonyl (C=O) groups excluding carboxylic acids is 1. The van der Waals surface area contributed by atoms with Gasteiger partial charge in [-0.1, -0.05) is 6.07 Å². The first-order valence-electron chi connectivity index (χ1n) is 7.94. The molecule has 1 N–H and O–H groups in total. The molecule has 0 saturated heterocycles. The lowest BCUT2D eigenvalue weighted by atomic mass is 9.97. The predicted octanol–water partition coefficient (Wildman–Crippen LogP) is 2.54. The maximum atomic E-state index is 12.6. The van der Waals surface area contributed by atoms with Gasteiger partial charge in [-0.25, -0.2) is 0 Å². The molecule has 1 aliphatic heterocycles. The van der Waals surface area contributed by atoms with Crippen molar-refractivity contribution in [3.63, 3.8) is 0 Å². The van der Waals surface area contributed by atoms with Gasteiger partial charge in [-0.15, -0.1) is 0 Å². The number of hydrogen-bond acceptors (Lipinski definition) is 3. The SMILES string of the molecule is CN(CCOCC1CC1)C(=O)c1cccc2c1CCCN2. The first kappa shape index (κ1) is 14.4. The van der Waals surface area contributed by atoms with Gasteiger partial charge in [0.05, 0.1) is 6.61 Å². The Hall–Kier alpha value is -1.55. The molecule has 0 atom stereocenters. The zero-order valence-corrected chi connectivity index (χ0v) is 12.7. The van der Waals surface area contributed by atoms with Gasteiger partial charge in [-0.2, -0.15) is 0 Å². The van der Waals surface area contributed by atoms with Crippen LogP contribution in [0.3, 0.4) is 0 Å². The molecule has 1 aromatic rings. The minimum absolute atomic E-state index is 0.102.